The van der Waals surface area contributed by atoms with Gasteiger partial charge in [0.1, 0.15) is 5.76 Å². The molecule has 2 heterocycles. The molecule has 0 aliphatic rings. The zero-order valence-corrected chi connectivity index (χ0v) is 7.95. The summed E-state index contributed by atoms with van der Waals surface area (Å²) in [5.41, 5.74) is 2.26. The Morgan fingerprint density at radius 1 is 1.50 bits per heavy atom. The van der Waals surface area contributed by atoms with Crippen molar-refractivity contribution in [2.24, 2.45) is 0 Å². The fraction of sp³-hybridized carbons (Fsp3) is 0.333. The molecule has 2 aromatic heterocycles. The van der Waals surface area contributed by atoms with E-state index in [4.69, 9.17) is 4.52 Å². The van der Waals surface area contributed by atoms with E-state index in [1.54, 1.807) is 6.20 Å². The Bertz CT molecular complexity index is 379. The van der Waals surface area contributed by atoms with Crippen LogP contribution in [0.5, 0.6) is 0 Å². The molecule has 0 saturated carbocycles. The summed E-state index contributed by atoms with van der Waals surface area (Å²) in [6, 6.07) is 1.84. The molecule has 0 atom stereocenters. The van der Waals surface area contributed by atoms with Gasteiger partial charge in [0.25, 0.3) is 0 Å². The summed E-state index contributed by atoms with van der Waals surface area (Å²) in [4.78, 5) is 0. The van der Waals surface area contributed by atoms with Crippen LogP contribution in [0.3, 0.4) is 0 Å². The Labute approximate surface area is 81.5 Å². The fourth-order valence-electron chi connectivity index (χ4n) is 1.21. The monoisotopic (exact) mass is 192 g/mol. The van der Waals surface area contributed by atoms with Crippen LogP contribution in [0.15, 0.2) is 23.0 Å². The highest BCUT2D eigenvalue weighted by Gasteiger charge is 2.00. The molecule has 0 unspecified atom stereocenters. The molecule has 0 radical (unpaired) electrons. The number of aromatic amines is 1. The van der Waals surface area contributed by atoms with Crippen molar-refractivity contribution in [1.82, 2.24) is 20.7 Å². The maximum atomic E-state index is 4.95. The minimum atomic E-state index is 0.685. The summed E-state index contributed by atoms with van der Waals surface area (Å²) < 4.78 is 4.95. The van der Waals surface area contributed by atoms with Gasteiger partial charge in [-0.25, -0.2) is 0 Å². The smallest absolute Gasteiger partial charge is 0.150 e. The Morgan fingerprint density at radius 3 is 3.07 bits per heavy atom. The van der Waals surface area contributed by atoms with Gasteiger partial charge in [-0.05, 0) is 6.92 Å². The Morgan fingerprint density at radius 2 is 2.43 bits per heavy atom. The first-order chi connectivity index (χ1) is 6.86. The first kappa shape index (κ1) is 8.96. The van der Waals surface area contributed by atoms with Crippen molar-refractivity contribution in [3.05, 3.63) is 35.5 Å². The zero-order chi connectivity index (χ0) is 9.80. The number of hydrogen-bond acceptors (Lipinski definition) is 4. The maximum absolute atomic E-state index is 4.95. The molecule has 74 valence electrons. The summed E-state index contributed by atoms with van der Waals surface area (Å²) in [5, 5.41) is 13.7. The maximum Gasteiger partial charge on any atom is 0.150 e. The van der Waals surface area contributed by atoms with Crippen LogP contribution in [-0.2, 0) is 13.1 Å². The molecular formula is C9H12N4O. The molecule has 0 amide bonds. The number of aromatic nitrogens is 3. The van der Waals surface area contributed by atoms with Crippen LogP contribution in [-0.4, -0.2) is 15.4 Å². The second-order valence-electron chi connectivity index (χ2n) is 3.10. The normalized spacial score (nSPS) is 10.6. The number of aryl methyl sites for hydroxylation is 1. The molecule has 0 spiro atoms. The number of rotatable bonds is 4. The minimum Gasteiger partial charge on any atom is -0.360 e. The fourth-order valence-corrected chi connectivity index (χ4v) is 1.21. The predicted octanol–water partition coefficient (Wildman–Crippen LogP) is 0.996. The molecule has 0 bridgehead atoms. The molecule has 0 saturated heterocycles. The molecule has 2 aromatic rings. The average molecular weight is 192 g/mol. The molecule has 0 aliphatic carbocycles. The quantitative estimate of drug-likeness (QED) is 0.758. The molecule has 0 aliphatic heterocycles. The largest absolute Gasteiger partial charge is 0.360 e. The number of H-pyrrole nitrogens is 1. The van der Waals surface area contributed by atoms with E-state index in [-0.39, 0.29) is 0 Å². The van der Waals surface area contributed by atoms with Gasteiger partial charge in [0.2, 0.25) is 0 Å². The zero-order valence-electron chi connectivity index (χ0n) is 7.95. The van der Waals surface area contributed by atoms with Crippen LogP contribution in [0.1, 0.15) is 17.0 Å². The van der Waals surface area contributed by atoms with Gasteiger partial charge >= 0.3 is 0 Å². The SMILES string of the molecule is Cc1[nH]ncc1CNCc1ccno1. The van der Waals surface area contributed by atoms with E-state index in [0.29, 0.717) is 6.54 Å². The molecule has 2 rings (SSSR count). The van der Waals surface area contributed by atoms with Gasteiger partial charge in [-0.2, -0.15) is 5.10 Å². The summed E-state index contributed by atoms with van der Waals surface area (Å²) in [7, 11) is 0. The van der Waals surface area contributed by atoms with Crippen LogP contribution >= 0.6 is 0 Å². The predicted molar refractivity (Wildman–Crippen MR) is 50.4 cm³/mol. The van der Waals surface area contributed by atoms with Gasteiger partial charge in [0, 0.05) is 23.9 Å². The van der Waals surface area contributed by atoms with E-state index in [1.807, 2.05) is 19.2 Å². The molecule has 5 heteroatoms. The van der Waals surface area contributed by atoms with Crippen molar-refractivity contribution in [2.45, 2.75) is 20.0 Å². The van der Waals surface area contributed by atoms with Crippen LogP contribution in [0, 0.1) is 6.92 Å². The number of nitrogens with zero attached hydrogens (tertiary/aromatic N) is 2. The van der Waals surface area contributed by atoms with Crippen molar-refractivity contribution in [1.29, 1.82) is 0 Å². The first-order valence-electron chi connectivity index (χ1n) is 4.45. The Hall–Kier alpha value is -1.62. The second-order valence-corrected chi connectivity index (χ2v) is 3.10. The van der Waals surface area contributed by atoms with Gasteiger partial charge in [0.05, 0.1) is 18.9 Å². The molecule has 5 nitrogen and oxygen atoms in total. The lowest BCUT2D eigenvalue weighted by molar-refractivity contribution is 0.372. The number of nitrogens with one attached hydrogen (secondary N) is 2. The molecule has 0 aromatic carbocycles. The standard InChI is InChI=1S/C9H12N4O/c1-7-8(5-11-13-7)4-10-6-9-2-3-12-14-9/h2-3,5,10H,4,6H2,1H3,(H,11,13). The highest BCUT2D eigenvalue weighted by Crippen LogP contribution is 2.02. The van der Waals surface area contributed by atoms with E-state index in [9.17, 15) is 0 Å². The highest BCUT2D eigenvalue weighted by molar-refractivity contribution is 5.13. The Balaban J connectivity index is 1.81. The molecule has 0 fully saturated rings. The van der Waals surface area contributed by atoms with Gasteiger partial charge in [-0.3, -0.25) is 5.10 Å². The van der Waals surface area contributed by atoms with Gasteiger partial charge in [-0.15, -0.1) is 0 Å². The van der Waals surface area contributed by atoms with E-state index in [0.717, 1.165) is 18.0 Å². The van der Waals surface area contributed by atoms with Crippen molar-refractivity contribution in [2.75, 3.05) is 0 Å². The lowest BCUT2D eigenvalue weighted by atomic mass is 10.2. The van der Waals surface area contributed by atoms with E-state index in [1.165, 1.54) is 5.56 Å². The summed E-state index contributed by atoms with van der Waals surface area (Å²) >= 11 is 0. The molecule has 14 heavy (non-hydrogen) atoms. The van der Waals surface area contributed by atoms with Crippen molar-refractivity contribution < 1.29 is 4.52 Å². The molecule has 2 N–H and O–H groups in total. The van der Waals surface area contributed by atoms with Gasteiger partial charge < -0.3 is 9.84 Å². The van der Waals surface area contributed by atoms with Crippen LogP contribution in [0.2, 0.25) is 0 Å². The average Bonchev–Trinajstić information content (AvgIpc) is 2.78. The van der Waals surface area contributed by atoms with Crippen LogP contribution in [0.25, 0.3) is 0 Å². The van der Waals surface area contributed by atoms with Crippen molar-refractivity contribution >= 4 is 0 Å². The summed E-state index contributed by atoms with van der Waals surface area (Å²) in [6.07, 6.45) is 3.46. The first-order valence-corrected chi connectivity index (χ1v) is 4.45. The lowest BCUT2D eigenvalue weighted by Crippen LogP contribution is -2.12. The van der Waals surface area contributed by atoms with Gasteiger partial charge in [0.15, 0.2) is 0 Å². The summed E-state index contributed by atoms with van der Waals surface area (Å²) in [5.74, 6) is 0.839. The second kappa shape index (κ2) is 4.06. The van der Waals surface area contributed by atoms with Crippen molar-refractivity contribution in [3.63, 3.8) is 0 Å². The summed E-state index contributed by atoms with van der Waals surface area (Å²) in [6.45, 7) is 3.46. The van der Waals surface area contributed by atoms with E-state index < -0.39 is 0 Å². The van der Waals surface area contributed by atoms with E-state index >= 15 is 0 Å². The third kappa shape index (κ3) is 2.00. The van der Waals surface area contributed by atoms with Crippen LogP contribution < -0.4 is 5.32 Å². The third-order valence-electron chi connectivity index (χ3n) is 2.04. The highest BCUT2D eigenvalue weighted by atomic mass is 16.5. The lowest BCUT2D eigenvalue weighted by Gasteiger charge is -2.00. The third-order valence-corrected chi connectivity index (χ3v) is 2.04. The minimum absolute atomic E-state index is 0.685. The van der Waals surface area contributed by atoms with Crippen LogP contribution in [0.4, 0.5) is 0 Å². The van der Waals surface area contributed by atoms with E-state index in [2.05, 4.69) is 20.7 Å². The molecular weight excluding hydrogens is 180 g/mol. The number of hydrogen-bond donors (Lipinski definition) is 2. The topological polar surface area (TPSA) is 66.7 Å². The van der Waals surface area contributed by atoms with Crippen molar-refractivity contribution in [3.8, 4) is 0 Å². The van der Waals surface area contributed by atoms with Gasteiger partial charge in [-0.1, -0.05) is 5.16 Å². The Kier molecular flexibility index (Phi) is 2.60.